The second kappa shape index (κ2) is 5.46. The lowest BCUT2D eigenvalue weighted by Crippen LogP contribution is -1.83. The predicted octanol–water partition coefficient (Wildman–Crippen LogP) is 4.13. The Kier molecular flexibility index (Phi) is 3.73. The van der Waals surface area contributed by atoms with Crippen molar-refractivity contribution >= 4 is 22.9 Å². The minimum Gasteiger partial charge on any atom is -0.276 e. The van der Waals surface area contributed by atoms with Gasteiger partial charge in [0, 0.05) is 0 Å². The number of hydrogen-bond acceptors (Lipinski definition) is 1. The summed E-state index contributed by atoms with van der Waals surface area (Å²) in [5.41, 5.74) is 3.18. The van der Waals surface area contributed by atoms with Gasteiger partial charge in [0.1, 0.15) is 0 Å². The molecule has 0 N–H and O–H groups in total. The lowest BCUT2D eigenvalue weighted by molar-refractivity contribution is -0.107. The molecule has 0 radical (unpaired) electrons. The van der Waals surface area contributed by atoms with Crippen LogP contribution in [0.5, 0.6) is 0 Å². The SMILES string of the molecule is O=C(Cl)/C=C/c1ccccc1-c1ccccc1. The maximum atomic E-state index is 10.7. The van der Waals surface area contributed by atoms with Crippen LogP contribution in [0.1, 0.15) is 5.56 Å². The van der Waals surface area contributed by atoms with Gasteiger partial charge in [-0.2, -0.15) is 0 Å². The van der Waals surface area contributed by atoms with Crippen molar-refractivity contribution in [2.24, 2.45) is 0 Å². The molecule has 84 valence electrons. The number of rotatable bonds is 3. The van der Waals surface area contributed by atoms with Crippen molar-refractivity contribution in [1.29, 1.82) is 0 Å². The summed E-state index contributed by atoms with van der Waals surface area (Å²) in [4.78, 5) is 10.7. The quantitative estimate of drug-likeness (QED) is 0.584. The molecule has 0 amide bonds. The van der Waals surface area contributed by atoms with Gasteiger partial charge in [-0.3, -0.25) is 4.79 Å². The van der Waals surface area contributed by atoms with Gasteiger partial charge in [0.05, 0.1) is 0 Å². The highest BCUT2D eigenvalue weighted by molar-refractivity contribution is 6.66. The van der Waals surface area contributed by atoms with Gasteiger partial charge in [0.25, 0.3) is 0 Å². The fraction of sp³-hybridized carbons (Fsp3) is 0. The molecule has 2 heteroatoms. The van der Waals surface area contributed by atoms with Gasteiger partial charge in [-0.25, -0.2) is 0 Å². The highest BCUT2D eigenvalue weighted by Gasteiger charge is 2.01. The molecule has 0 heterocycles. The molecule has 0 saturated heterocycles. The van der Waals surface area contributed by atoms with Gasteiger partial charge in [-0.1, -0.05) is 54.6 Å². The number of carbonyl (C=O) groups excluding carboxylic acids is 1. The van der Waals surface area contributed by atoms with Crippen LogP contribution < -0.4 is 0 Å². The average Bonchev–Trinajstić information content (AvgIpc) is 2.38. The van der Waals surface area contributed by atoms with E-state index in [-0.39, 0.29) is 0 Å². The van der Waals surface area contributed by atoms with Crippen LogP contribution in [0, 0.1) is 0 Å². The van der Waals surface area contributed by atoms with Crippen molar-refractivity contribution in [2.75, 3.05) is 0 Å². The van der Waals surface area contributed by atoms with E-state index in [1.807, 2.05) is 54.6 Å². The second-order valence-electron chi connectivity index (χ2n) is 3.59. The molecule has 0 atom stereocenters. The Labute approximate surface area is 105 Å². The summed E-state index contributed by atoms with van der Waals surface area (Å²) in [7, 11) is 0. The molecule has 0 aliphatic heterocycles. The second-order valence-corrected chi connectivity index (χ2v) is 3.96. The number of allylic oxidation sites excluding steroid dienone is 1. The van der Waals surface area contributed by atoms with Crippen molar-refractivity contribution in [3.63, 3.8) is 0 Å². The molecule has 0 aliphatic carbocycles. The fourth-order valence-electron chi connectivity index (χ4n) is 1.68. The van der Waals surface area contributed by atoms with E-state index in [1.54, 1.807) is 6.08 Å². The lowest BCUT2D eigenvalue weighted by atomic mass is 9.99. The van der Waals surface area contributed by atoms with E-state index >= 15 is 0 Å². The van der Waals surface area contributed by atoms with Crippen LogP contribution in [-0.4, -0.2) is 5.24 Å². The molecule has 17 heavy (non-hydrogen) atoms. The summed E-state index contributed by atoms with van der Waals surface area (Å²) >= 11 is 5.30. The zero-order valence-corrected chi connectivity index (χ0v) is 9.89. The zero-order valence-electron chi connectivity index (χ0n) is 9.14. The smallest absolute Gasteiger partial charge is 0.245 e. The van der Waals surface area contributed by atoms with Crippen LogP contribution >= 0.6 is 11.6 Å². The van der Waals surface area contributed by atoms with Crippen LogP contribution in [0.2, 0.25) is 0 Å². The highest BCUT2D eigenvalue weighted by atomic mass is 35.5. The first-order valence-corrected chi connectivity index (χ1v) is 5.67. The Morgan fingerprint density at radius 2 is 1.59 bits per heavy atom. The van der Waals surface area contributed by atoms with Gasteiger partial charge in [0.15, 0.2) is 0 Å². The summed E-state index contributed by atoms with van der Waals surface area (Å²) in [5, 5.41) is -0.465. The normalized spacial score (nSPS) is 10.6. The summed E-state index contributed by atoms with van der Waals surface area (Å²) in [6.07, 6.45) is 3.10. The van der Waals surface area contributed by atoms with Crippen molar-refractivity contribution in [1.82, 2.24) is 0 Å². The molecule has 0 fully saturated rings. The Bertz CT molecular complexity index is 544. The lowest BCUT2D eigenvalue weighted by Gasteiger charge is -2.05. The molecule has 1 nitrogen and oxygen atoms in total. The summed E-state index contributed by atoms with van der Waals surface area (Å²) in [5.74, 6) is 0. The van der Waals surface area contributed by atoms with Crippen molar-refractivity contribution in [3.05, 3.63) is 66.2 Å². The third kappa shape index (κ3) is 3.05. The number of benzene rings is 2. The van der Waals surface area contributed by atoms with Crippen molar-refractivity contribution in [2.45, 2.75) is 0 Å². The number of halogens is 1. The standard InChI is InChI=1S/C15H11ClO/c16-15(17)11-10-13-8-4-5-9-14(13)12-6-2-1-3-7-12/h1-11H/b11-10+. The molecular weight excluding hydrogens is 232 g/mol. The third-order valence-electron chi connectivity index (χ3n) is 2.44. The van der Waals surface area contributed by atoms with Gasteiger partial charge in [0.2, 0.25) is 5.24 Å². The largest absolute Gasteiger partial charge is 0.276 e. The molecule has 2 aromatic rings. The molecule has 2 rings (SSSR count). The first-order valence-electron chi connectivity index (χ1n) is 5.29. The molecule has 0 spiro atoms. The van der Waals surface area contributed by atoms with E-state index < -0.39 is 5.24 Å². The maximum absolute atomic E-state index is 10.7. The van der Waals surface area contributed by atoms with Crippen LogP contribution in [0.15, 0.2) is 60.7 Å². The predicted molar refractivity (Wildman–Crippen MR) is 71.8 cm³/mol. The zero-order chi connectivity index (χ0) is 12.1. The number of hydrogen-bond donors (Lipinski definition) is 0. The molecule has 0 saturated carbocycles. The van der Waals surface area contributed by atoms with Crippen LogP contribution in [0.25, 0.3) is 17.2 Å². The van der Waals surface area contributed by atoms with E-state index in [4.69, 9.17) is 11.6 Å². The Morgan fingerprint density at radius 1 is 0.941 bits per heavy atom. The maximum Gasteiger partial charge on any atom is 0.245 e. The Balaban J connectivity index is 2.45. The summed E-state index contributed by atoms with van der Waals surface area (Å²) in [6.45, 7) is 0. The first-order chi connectivity index (χ1) is 8.27. The third-order valence-corrected chi connectivity index (χ3v) is 2.57. The molecule has 0 aliphatic rings. The summed E-state index contributed by atoms with van der Waals surface area (Å²) in [6, 6.07) is 17.9. The summed E-state index contributed by atoms with van der Waals surface area (Å²) < 4.78 is 0. The topological polar surface area (TPSA) is 17.1 Å². The first kappa shape index (κ1) is 11.6. The number of carbonyl (C=O) groups is 1. The van der Waals surface area contributed by atoms with Gasteiger partial charge < -0.3 is 0 Å². The van der Waals surface area contributed by atoms with E-state index in [9.17, 15) is 4.79 Å². The Morgan fingerprint density at radius 3 is 2.29 bits per heavy atom. The van der Waals surface area contributed by atoms with E-state index in [1.165, 1.54) is 6.08 Å². The molecule has 0 aromatic heterocycles. The van der Waals surface area contributed by atoms with Gasteiger partial charge >= 0.3 is 0 Å². The molecule has 0 bridgehead atoms. The molecule has 0 unspecified atom stereocenters. The Hall–Kier alpha value is -1.86. The van der Waals surface area contributed by atoms with Crippen LogP contribution in [-0.2, 0) is 4.79 Å². The van der Waals surface area contributed by atoms with Crippen molar-refractivity contribution < 1.29 is 4.79 Å². The highest BCUT2D eigenvalue weighted by Crippen LogP contribution is 2.24. The molecular formula is C15H11ClO. The van der Waals surface area contributed by atoms with E-state index in [0.717, 1.165) is 16.7 Å². The average molecular weight is 243 g/mol. The van der Waals surface area contributed by atoms with Crippen LogP contribution in [0.3, 0.4) is 0 Å². The minimum absolute atomic E-state index is 0.465. The van der Waals surface area contributed by atoms with Gasteiger partial charge in [-0.05, 0) is 40.4 Å². The minimum atomic E-state index is -0.465. The van der Waals surface area contributed by atoms with E-state index in [0.29, 0.717) is 0 Å². The van der Waals surface area contributed by atoms with Crippen molar-refractivity contribution in [3.8, 4) is 11.1 Å². The monoisotopic (exact) mass is 242 g/mol. The van der Waals surface area contributed by atoms with Crippen LogP contribution in [0.4, 0.5) is 0 Å². The fourth-order valence-corrected chi connectivity index (χ4v) is 1.74. The van der Waals surface area contributed by atoms with E-state index in [2.05, 4.69) is 0 Å². The van der Waals surface area contributed by atoms with Gasteiger partial charge in [-0.15, -0.1) is 0 Å². The molecule has 2 aromatic carbocycles.